The van der Waals surface area contributed by atoms with Crippen molar-refractivity contribution in [1.29, 1.82) is 0 Å². The molecule has 12 heteroatoms. The van der Waals surface area contributed by atoms with Crippen LogP contribution in [0.1, 0.15) is 48.9 Å². The van der Waals surface area contributed by atoms with Crippen LogP contribution in [-0.4, -0.2) is 47.3 Å². The molecule has 1 aliphatic heterocycles. The number of nitrogens with one attached hydrogen (secondary N) is 1. The Kier molecular flexibility index (Phi) is 7.15. The summed E-state index contributed by atoms with van der Waals surface area (Å²) in [5.41, 5.74) is 0.342. The van der Waals surface area contributed by atoms with Crippen molar-refractivity contribution in [2.45, 2.75) is 39.4 Å². The second-order valence-corrected chi connectivity index (χ2v) is 9.09. The van der Waals surface area contributed by atoms with Gasteiger partial charge in [-0.25, -0.2) is 19.8 Å². The van der Waals surface area contributed by atoms with Crippen molar-refractivity contribution in [2.24, 2.45) is 10.5 Å². The van der Waals surface area contributed by atoms with Crippen LogP contribution < -0.4 is 10.3 Å². The van der Waals surface area contributed by atoms with E-state index in [-0.39, 0.29) is 17.9 Å². The third-order valence-electron chi connectivity index (χ3n) is 5.07. The molecule has 2 heterocycles. The quantitative estimate of drug-likeness (QED) is 0.625. The van der Waals surface area contributed by atoms with E-state index in [4.69, 9.17) is 16.3 Å². The number of hydrogen-bond donors (Lipinski definition) is 1. The van der Waals surface area contributed by atoms with Gasteiger partial charge in [-0.05, 0) is 23.1 Å². The van der Waals surface area contributed by atoms with E-state index in [0.29, 0.717) is 17.2 Å². The Morgan fingerprint density at radius 2 is 1.82 bits per heavy atom. The van der Waals surface area contributed by atoms with Gasteiger partial charge in [0.05, 0.1) is 12.8 Å². The van der Waals surface area contributed by atoms with Gasteiger partial charge in [0, 0.05) is 24.2 Å². The van der Waals surface area contributed by atoms with Crippen LogP contribution in [0, 0.1) is 5.41 Å². The minimum absolute atomic E-state index is 0.187. The van der Waals surface area contributed by atoms with E-state index >= 15 is 0 Å². The van der Waals surface area contributed by atoms with Gasteiger partial charge in [-0.1, -0.05) is 44.5 Å². The van der Waals surface area contributed by atoms with Gasteiger partial charge in [0.15, 0.2) is 5.82 Å². The molecule has 0 aliphatic carbocycles. The molecule has 1 atom stereocenters. The van der Waals surface area contributed by atoms with Crippen LogP contribution in [0.2, 0.25) is 5.02 Å². The Labute approximate surface area is 199 Å². The number of benzene rings is 1. The lowest BCUT2D eigenvalue weighted by Gasteiger charge is -2.29. The number of esters is 1. The second-order valence-electron chi connectivity index (χ2n) is 8.65. The summed E-state index contributed by atoms with van der Waals surface area (Å²) in [7, 11) is 1.18. The van der Waals surface area contributed by atoms with E-state index < -0.39 is 35.3 Å². The molecular formula is C22H23ClF3N5O3. The summed E-state index contributed by atoms with van der Waals surface area (Å²) in [4.78, 5) is 32.2. The number of alkyl halides is 3. The van der Waals surface area contributed by atoms with Gasteiger partial charge >= 0.3 is 12.1 Å². The first kappa shape index (κ1) is 25.4. The molecule has 0 saturated carbocycles. The molecule has 2 aromatic rings. The zero-order chi connectivity index (χ0) is 25.3. The van der Waals surface area contributed by atoms with E-state index in [1.807, 2.05) is 0 Å². The van der Waals surface area contributed by atoms with E-state index in [9.17, 15) is 22.8 Å². The number of hydrogen-bond acceptors (Lipinski definition) is 7. The van der Waals surface area contributed by atoms with E-state index in [1.54, 1.807) is 45.0 Å². The Hall–Kier alpha value is -3.21. The lowest BCUT2D eigenvalue weighted by Crippen LogP contribution is -2.50. The monoisotopic (exact) mass is 497 g/mol. The summed E-state index contributed by atoms with van der Waals surface area (Å²) in [6.07, 6.45) is -3.64. The number of methoxy groups -OCH3 is 1. The van der Waals surface area contributed by atoms with Crippen LogP contribution >= 0.6 is 11.6 Å². The first-order valence-corrected chi connectivity index (χ1v) is 10.6. The van der Waals surface area contributed by atoms with Crippen LogP contribution in [0.4, 0.5) is 19.0 Å². The number of nitrogens with zero attached hydrogens (tertiary/aromatic N) is 4. The molecule has 3 rings (SSSR count). The number of carbonyl (C=O) groups is 2. The van der Waals surface area contributed by atoms with Gasteiger partial charge in [-0.2, -0.15) is 18.3 Å². The summed E-state index contributed by atoms with van der Waals surface area (Å²) in [5.74, 6) is -3.25. The third kappa shape index (κ3) is 5.64. The van der Waals surface area contributed by atoms with Crippen LogP contribution in [0.5, 0.6) is 0 Å². The fourth-order valence-corrected chi connectivity index (χ4v) is 3.40. The Balaban J connectivity index is 2.01. The van der Waals surface area contributed by atoms with Gasteiger partial charge in [-0.15, -0.1) is 0 Å². The molecule has 0 bridgehead atoms. The number of carbonyl (C=O) groups excluding carboxylic acids is 2. The number of halogens is 4. The normalized spacial score (nSPS) is 15.1. The average Bonchev–Trinajstić information content (AvgIpc) is 3.25. The molecule has 8 nitrogen and oxygen atoms in total. The average molecular weight is 498 g/mol. The van der Waals surface area contributed by atoms with Crippen molar-refractivity contribution in [3.63, 3.8) is 0 Å². The molecular weight excluding hydrogens is 475 g/mol. The summed E-state index contributed by atoms with van der Waals surface area (Å²) in [6, 6.07) is 5.76. The molecule has 0 radical (unpaired) electrons. The van der Waals surface area contributed by atoms with Crippen molar-refractivity contribution in [3.8, 4) is 0 Å². The maximum atomic E-state index is 13.3. The molecule has 34 heavy (non-hydrogen) atoms. The zero-order valence-electron chi connectivity index (χ0n) is 18.9. The Morgan fingerprint density at radius 3 is 2.38 bits per heavy atom. The van der Waals surface area contributed by atoms with Crippen LogP contribution in [-0.2, 0) is 15.7 Å². The zero-order valence-corrected chi connectivity index (χ0v) is 19.7. The Morgan fingerprint density at radius 1 is 1.18 bits per heavy atom. The van der Waals surface area contributed by atoms with E-state index in [2.05, 4.69) is 20.4 Å². The highest BCUT2D eigenvalue weighted by Crippen LogP contribution is 2.31. The van der Waals surface area contributed by atoms with Crippen molar-refractivity contribution >= 4 is 35.0 Å². The number of anilines is 1. The van der Waals surface area contributed by atoms with Gasteiger partial charge in [0.25, 0.3) is 5.91 Å². The van der Waals surface area contributed by atoms with E-state index in [0.717, 1.165) is 11.8 Å². The Bertz CT molecular complexity index is 1110. The molecule has 1 aliphatic rings. The fraction of sp³-hybridized carbons (Fsp3) is 0.409. The van der Waals surface area contributed by atoms with Crippen LogP contribution in [0.25, 0.3) is 0 Å². The third-order valence-corrected chi connectivity index (χ3v) is 5.32. The summed E-state index contributed by atoms with van der Waals surface area (Å²) < 4.78 is 44.8. The van der Waals surface area contributed by atoms with Gasteiger partial charge in [0.1, 0.15) is 11.6 Å². The van der Waals surface area contributed by atoms with Crippen LogP contribution in [0.3, 0.4) is 0 Å². The van der Waals surface area contributed by atoms with Crippen molar-refractivity contribution < 1.29 is 27.5 Å². The number of aromatic nitrogens is 2. The molecule has 182 valence electrons. The van der Waals surface area contributed by atoms with Crippen molar-refractivity contribution in [1.82, 2.24) is 15.3 Å². The second kappa shape index (κ2) is 9.57. The minimum atomic E-state index is -4.83. The highest BCUT2D eigenvalue weighted by Gasteiger charge is 2.38. The lowest BCUT2D eigenvalue weighted by molar-refractivity contribution is -0.146. The first-order valence-electron chi connectivity index (χ1n) is 10.2. The standard InChI is InChI=1S/C22H23ClF3N5O3/c1-21(2,3)16(19(33)34-4)28-18(32)14-11-27-20(22(24,25)26)29-17(14)31-10-9-15(30-31)12-5-7-13(23)8-6-12/h5-8,11,16H,9-10H2,1-4H3,(H,28,32). The predicted molar refractivity (Wildman–Crippen MR) is 120 cm³/mol. The van der Waals surface area contributed by atoms with Crippen molar-refractivity contribution in [3.05, 3.63) is 52.4 Å². The molecule has 0 fully saturated rings. The largest absolute Gasteiger partial charge is 0.467 e. The molecule has 1 aromatic carbocycles. The summed E-state index contributed by atoms with van der Waals surface area (Å²) >= 11 is 5.91. The number of hydrazone groups is 1. The summed E-state index contributed by atoms with van der Waals surface area (Å²) in [5, 5.41) is 8.66. The molecule has 1 aromatic heterocycles. The van der Waals surface area contributed by atoms with Gasteiger partial charge in [-0.3, -0.25) is 4.79 Å². The molecule has 1 N–H and O–H groups in total. The predicted octanol–water partition coefficient (Wildman–Crippen LogP) is 4.08. The highest BCUT2D eigenvalue weighted by molar-refractivity contribution is 6.30. The highest BCUT2D eigenvalue weighted by atomic mass is 35.5. The molecule has 1 amide bonds. The summed E-state index contributed by atoms with van der Waals surface area (Å²) in [6.45, 7) is 5.32. The number of ether oxygens (including phenoxy) is 1. The first-order chi connectivity index (χ1) is 15.8. The topological polar surface area (TPSA) is 96.8 Å². The van der Waals surface area contributed by atoms with Gasteiger partial charge < -0.3 is 10.1 Å². The molecule has 0 saturated heterocycles. The maximum absolute atomic E-state index is 13.3. The lowest BCUT2D eigenvalue weighted by atomic mass is 9.86. The van der Waals surface area contributed by atoms with Crippen molar-refractivity contribution in [2.75, 3.05) is 18.7 Å². The molecule has 1 unspecified atom stereocenters. The van der Waals surface area contributed by atoms with Crippen LogP contribution in [0.15, 0.2) is 35.6 Å². The smallest absolute Gasteiger partial charge is 0.451 e. The number of amides is 1. The maximum Gasteiger partial charge on any atom is 0.451 e. The SMILES string of the molecule is COC(=O)C(NC(=O)c1cnc(C(F)(F)F)nc1N1CCC(c2ccc(Cl)cc2)=N1)C(C)(C)C. The minimum Gasteiger partial charge on any atom is -0.467 e. The number of rotatable bonds is 5. The molecule has 0 spiro atoms. The fourth-order valence-electron chi connectivity index (χ4n) is 3.28. The van der Waals surface area contributed by atoms with Gasteiger partial charge in [0.2, 0.25) is 5.82 Å². The van der Waals surface area contributed by atoms with E-state index in [1.165, 1.54) is 12.1 Å².